The van der Waals surface area contributed by atoms with Crippen molar-refractivity contribution in [2.24, 2.45) is 0 Å². The standard InChI is InChI=1S/C28H32N2O5/c1-5-33-25-17-23(30-28(32)20-12-8-7-9-13-20)26(34-6-2)16-22(25)29-27(31)18-35-24-15-11-10-14-21(24)19(3)4/h7-17,19H,5-6,18H2,1-4H3,(H,29,31)(H,30,32). The van der Waals surface area contributed by atoms with Crippen molar-refractivity contribution in [3.05, 3.63) is 77.9 Å². The molecule has 0 fully saturated rings. The molecule has 2 N–H and O–H groups in total. The summed E-state index contributed by atoms with van der Waals surface area (Å²) in [6.07, 6.45) is 0. The second-order valence-electron chi connectivity index (χ2n) is 8.06. The van der Waals surface area contributed by atoms with Gasteiger partial charge in [-0.25, -0.2) is 0 Å². The first-order valence-electron chi connectivity index (χ1n) is 11.7. The van der Waals surface area contributed by atoms with E-state index in [0.29, 0.717) is 47.4 Å². The maximum atomic E-state index is 12.7. The second-order valence-corrected chi connectivity index (χ2v) is 8.06. The van der Waals surface area contributed by atoms with Gasteiger partial charge in [-0.1, -0.05) is 50.2 Å². The van der Waals surface area contributed by atoms with Crippen LogP contribution in [0.3, 0.4) is 0 Å². The highest BCUT2D eigenvalue weighted by Crippen LogP contribution is 2.37. The van der Waals surface area contributed by atoms with Gasteiger partial charge in [0.2, 0.25) is 0 Å². The van der Waals surface area contributed by atoms with Crippen LogP contribution in [0, 0.1) is 0 Å². The fourth-order valence-corrected chi connectivity index (χ4v) is 3.51. The zero-order chi connectivity index (χ0) is 25.2. The minimum Gasteiger partial charge on any atom is -0.492 e. The van der Waals surface area contributed by atoms with E-state index in [1.165, 1.54) is 0 Å². The van der Waals surface area contributed by atoms with Crippen LogP contribution in [-0.4, -0.2) is 31.6 Å². The second kappa shape index (κ2) is 12.5. The summed E-state index contributed by atoms with van der Waals surface area (Å²) in [7, 11) is 0. The third-order valence-corrected chi connectivity index (χ3v) is 5.14. The maximum absolute atomic E-state index is 12.7. The zero-order valence-corrected chi connectivity index (χ0v) is 20.6. The lowest BCUT2D eigenvalue weighted by atomic mass is 10.0. The molecule has 0 aliphatic carbocycles. The van der Waals surface area contributed by atoms with Gasteiger partial charge in [-0.05, 0) is 43.5 Å². The Balaban J connectivity index is 1.80. The van der Waals surface area contributed by atoms with Crippen molar-refractivity contribution >= 4 is 23.2 Å². The summed E-state index contributed by atoms with van der Waals surface area (Å²) in [5, 5.41) is 5.72. The third kappa shape index (κ3) is 6.99. The van der Waals surface area contributed by atoms with E-state index in [1.54, 1.807) is 36.4 Å². The molecule has 0 spiro atoms. The number of para-hydroxylation sites is 1. The molecule has 0 unspecified atom stereocenters. The third-order valence-electron chi connectivity index (χ3n) is 5.14. The minimum atomic E-state index is -0.340. The first-order chi connectivity index (χ1) is 16.9. The molecule has 0 aromatic heterocycles. The Bertz CT molecular complexity index is 1150. The summed E-state index contributed by atoms with van der Waals surface area (Å²) < 4.78 is 17.3. The van der Waals surface area contributed by atoms with Gasteiger partial charge in [-0.15, -0.1) is 0 Å². The molecule has 35 heavy (non-hydrogen) atoms. The van der Waals surface area contributed by atoms with Crippen LogP contribution in [0.25, 0.3) is 0 Å². The summed E-state index contributed by atoms with van der Waals surface area (Å²) in [5.74, 6) is 1.16. The highest BCUT2D eigenvalue weighted by atomic mass is 16.5. The first-order valence-corrected chi connectivity index (χ1v) is 11.7. The quantitative estimate of drug-likeness (QED) is 0.361. The van der Waals surface area contributed by atoms with Crippen molar-refractivity contribution in [1.82, 2.24) is 0 Å². The molecule has 3 aromatic carbocycles. The molecule has 0 aliphatic heterocycles. The van der Waals surface area contributed by atoms with Gasteiger partial charge in [0.05, 0.1) is 24.6 Å². The number of amides is 2. The number of carbonyl (C=O) groups excluding carboxylic acids is 2. The summed E-state index contributed by atoms with van der Waals surface area (Å²) >= 11 is 0. The van der Waals surface area contributed by atoms with Gasteiger partial charge in [0, 0.05) is 17.7 Å². The molecule has 0 radical (unpaired) electrons. The molecule has 3 aromatic rings. The van der Waals surface area contributed by atoms with Crippen molar-refractivity contribution in [1.29, 1.82) is 0 Å². The van der Waals surface area contributed by atoms with Crippen molar-refractivity contribution in [2.75, 3.05) is 30.5 Å². The van der Waals surface area contributed by atoms with Crippen molar-refractivity contribution in [3.8, 4) is 17.2 Å². The largest absolute Gasteiger partial charge is 0.492 e. The van der Waals surface area contributed by atoms with E-state index >= 15 is 0 Å². The SMILES string of the molecule is CCOc1cc(NC(=O)c2ccccc2)c(OCC)cc1NC(=O)COc1ccccc1C(C)C. The van der Waals surface area contributed by atoms with Gasteiger partial charge in [0.1, 0.15) is 17.2 Å². The van der Waals surface area contributed by atoms with E-state index in [2.05, 4.69) is 24.5 Å². The topological polar surface area (TPSA) is 85.9 Å². The Kier molecular flexibility index (Phi) is 9.12. The van der Waals surface area contributed by atoms with Crippen molar-refractivity contribution in [3.63, 3.8) is 0 Å². The Morgan fingerprint density at radius 3 is 1.91 bits per heavy atom. The molecular formula is C28H32N2O5. The fourth-order valence-electron chi connectivity index (χ4n) is 3.51. The molecule has 0 saturated carbocycles. The van der Waals surface area contributed by atoms with Crippen molar-refractivity contribution in [2.45, 2.75) is 33.6 Å². The van der Waals surface area contributed by atoms with Crippen LogP contribution < -0.4 is 24.8 Å². The van der Waals surface area contributed by atoms with Crippen LogP contribution in [-0.2, 0) is 4.79 Å². The van der Waals surface area contributed by atoms with Gasteiger partial charge in [0.15, 0.2) is 6.61 Å². The molecule has 0 heterocycles. The molecule has 2 amide bonds. The van der Waals surface area contributed by atoms with E-state index in [4.69, 9.17) is 14.2 Å². The number of hydrogen-bond acceptors (Lipinski definition) is 5. The van der Waals surface area contributed by atoms with Crippen molar-refractivity contribution < 1.29 is 23.8 Å². The highest BCUT2D eigenvalue weighted by Gasteiger charge is 2.17. The van der Waals surface area contributed by atoms with E-state index < -0.39 is 0 Å². The Hall–Kier alpha value is -4.00. The minimum absolute atomic E-state index is 0.161. The lowest BCUT2D eigenvalue weighted by Crippen LogP contribution is -2.21. The van der Waals surface area contributed by atoms with Crippen LogP contribution in [0.4, 0.5) is 11.4 Å². The van der Waals surface area contributed by atoms with E-state index in [1.807, 2.05) is 44.2 Å². The number of benzene rings is 3. The van der Waals surface area contributed by atoms with Crippen LogP contribution in [0.5, 0.6) is 17.2 Å². The lowest BCUT2D eigenvalue weighted by molar-refractivity contribution is -0.118. The van der Waals surface area contributed by atoms with Gasteiger partial charge in [-0.2, -0.15) is 0 Å². The fraction of sp³-hybridized carbons (Fsp3) is 0.286. The predicted molar refractivity (Wildman–Crippen MR) is 138 cm³/mol. The Labute approximate surface area is 206 Å². The number of carbonyl (C=O) groups is 2. The molecule has 7 nitrogen and oxygen atoms in total. The highest BCUT2D eigenvalue weighted by molar-refractivity contribution is 6.05. The normalized spacial score (nSPS) is 10.5. The van der Waals surface area contributed by atoms with Gasteiger partial charge in [-0.3, -0.25) is 9.59 Å². The molecule has 184 valence electrons. The summed E-state index contributed by atoms with van der Waals surface area (Å²) in [5.41, 5.74) is 2.43. The van der Waals surface area contributed by atoms with Crippen LogP contribution in [0.1, 0.15) is 49.5 Å². The molecule has 0 atom stereocenters. The number of ether oxygens (including phenoxy) is 3. The number of hydrogen-bond donors (Lipinski definition) is 2. The van der Waals surface area contributed by atoms with Gasteiger partial charge < -0.3 is 24.8 Å². The summed E-state index contributed by atoms with van der Waals surface area (Å²) in [6, 6.07) is 19.9. The zero-order valence-electron chi connectivity index (χ0n) is 20.6. The molecule has 0 saturated heterocycles. The van der Waals surface area contributed by atoms with Crippen LogP contribution >= 0.6 is 0 Å². The smallest absolute Gasteiger partial charge is 0.262 e. The number of anilines is 2. The molecule has 0 bridgehead atoms. The first kappa shape index (κ1) is 25.6. The molecule has 3 rings (SSSR count). The molecule has 0 aliphatic rings. The number of nitrogens with one attached hydrogen (secondary N) is 2. The Morgan fingerprint density at radius 1 is 0.743 bits per heavy atom. The predicted octanol–water partition coefficient (Wildman–Crippen LogP) is 5.88. The average Bonchev–Trinajstić information content (AvgIpc) is 2.86. The van der Waals surface area contributed by atoms with E-state index in [9.17, 15) is 9.59 Å². The molecular weight excluding hydrogens is 444 g/mol. The Morgan fingerprint density at radius 2 is 1.31 bits per heavy atom. The maximum Gasteiger partial charge on any atom is 0.262 e. The summed E-state index contributed by atoms with van der Waals surface area (Å²) in [4.78, 5) is 25.4. The monoisotopic (exact) mass is 476 g/mol. The number of rotatable bonds is 11. The van der Waals surface area contributed by atoms with Gasteiger partial charge in [0.25, 0.3) is 11.8 Å². The van der Waals surface area contributed by atoms with Gasteiger partial charge >= 0.3 is 0 Å². The van der Waals surface area contributed by atoms with E-state index in [-0.39, 0.29) is 24.3 Å². The lowest BCUT2D eigenvalue weighted by Gasteiger charge is -2.18. The van der Waals surface area contributed by atoms with E-state index in [0.717, 1.165) is 5.56 Å². The van der Waals surface area contributed by atoms with Crippen LogP contribution in [0.2, 0.25) is 0 Å². The average molecular weight is 477 g/mol. The molecule has 7 heteroatoms. The van der Waals surface area contributed by atoms with Crippen LogP contribution in [0.15, 0.2) is 66.7 Å². The summed E-state index contributed by atoms with van der Waals surface area (Å²) in [6.45, 7) is 8.43.